The number of nitrogens with zero attached hydrogens (tertiary/aromatic N) is 2. The van der Waals surface area contributed by atoms with Crippen LogP contribution in [0.2, 0.25) is 0 Å². The Bertz CT molecular complexity index is 1360. The highest BCUT2D eigenvalue weighted by Crippen LogP contribution is 2.35. The van der Waals surface area contributed by atoms with E-state index in [4.69, 9.17) is 4.42 Å². The summed E-state index contributed by atoms with van der Waals surface area (Å²) in [6.45, 7) is 0.156. The average molecular weight is 543 g/mol. The zero-order chi connectivity index (χ0) is 28.2. The molecule has 0 spiro atoms. The average Bonchev–Trinajstić information content (AvgIpc) is 3.50. The molecule has 1 saturated heterocycles. The molecule has 1 aromatic heterocycles. The lowest BCUT2D eigenvalue weighted by molar-refractivity contribution is -0.141. The van der Waals surface area contributed by atoms with Gasteiger partial charge in [0.05, 0.1) is 24.1 Å². The number of nitrogens with one attached hydrogen (secondary N) is 2. The molecule has 39 heavy (non-hydrogen) atoms. The smallest absolute Gasteiger partial charge is 0.418 e. The number of anilines is 1. The molecule has 0 saturated carbocycles. The Balaban J connectivity index is 1.53. The van der Waals surface area contributed by atoms with Crippen LogP contribution in [0.3, 0.4) is 0 Å². The third-order valence-corrected chi connectivity index (χ3v) is 6.39. The normalized spacial score (nSPS) is 17.2. The van der Waals surface area contributed by atoms with Crippen molar-refractivity contribution < 1.29 is 36.8 Å². The maximum Gasteiger partial charge on any atom is 0.418 e. The number of alkyl halides is 3. The highest BCUT2D eigenvalue weighted by Gasteiger charge is 2.51. The molecular formula is C27H25F3N4O5. The van der Waals surface area contributed by atoms with Crippen LogP contribution in [-0.2, 0) is 32.6 Å². The first-order chi connectivity index (χ1) is 18.5. The molecule has 1 aliphatic rings. The molecule has 4 rings (SSSR count). The van der Waals surface area contributed by atoms with Crippen LogP contribution in [0.5, 0.6) is 0 Å². The predicted octanol–water partition coefficient (Wildman–Crippen LogP) is 4.12. The van der Waals surface area contributed by atoms with Gasteiger partial charge in [-0.2, -0.15) is 13.2 Å². The molecule has 0 radical (unpaired) electrons. The fraction of sp³-hybridized carbons (Fsp3) is 0.259. The van der Waals surface area contributed by atoms with Gasteiger partial charge in [-0.3, -0.25) is 19.3 Å². The standard InChI is InChI=1S/C27H25F3N4O5/c1-2-26(18-9-4-3-5-10-18)24(37)34(25(38)32-26)17-23(36)33(15-19-11-8-14-39-19)16-22(35)31-21-13-7-6-12-20(21)27(28,29)30/h3-14H,2,15-17H2,1H3,(H,31,35)(H,32,38)/t26-/m0/s1. The summed E-state index contributed by atoms with van der Waals surface area (Å²) in [5.74, 6) is -2.03. The minimum atomic E-state index is -4.71. The SMILES string of the molecule is CC[C@@]1(c2ccccc2)NC(=O)N(CC(=O)N(CC(=O)Nc2ccccc2C(F)(F)F)Cc2ccco2)C1=O. The molecule has 0 bridgehead atoms. The third kappa shape index (κ3) is 5.79. The highest BCUT2D eigenvalue weighted by molar-refractivity contribution is 6.09. The Kier molecular flexibility index (Phi) is 7.75. The Labute approximate surface area is 221 Å². The number of imide groups is 1. The summed E-state index contributed by atoms with van der Waals surface area (Å²) in [5, 5.41) is 4.87. The summed E-state index contributed by atoms with van der Waals surface area (Å²) in [6.07, 6.45) is -3.13. The second-order valence-electron chi connectivity index (χ2n) is 8.87. The van der Waals surface area contributed by atoms with Crippen LogP contribution in [0.15, 0.2) is 77.4 Å². The molecule has 2 aromatic carbocycles. The maximum absolute atomic E-state index is 13.4. The van der Waals surface area contributed by atoms with Crippen molar-refractivity contribution in [2.75, 3.05) is 18.4 Å². The van der Waals surface area contributed by atoms with Crippen molar-refractivity contribution >= 4 is 29.4 Å². The molecular weight excluding hydrogens is 517 g/mol. The van der Waals surface area contributed by atoms with Crippen molar-refractivity contribution in [2.45, 2.75) is 31.6 Å². The number of carbonyl (C=O) groups excluding carboxylic acids is 4. The number of benzene rings is 2. The zero-order valence-corrected chi connectivity index (χ0v) is 20.8. The van der Waals surface area contributed by atoms with Gasteiger partial charge in [-0.1, -0.05) is 49.4 Å². The molecule has 1 atom stereocenters. The van der Waals surface area contributed by atoms with Gasteiger partial charge < -0.3 is 20.0 Å². The van der Waals surface area contributed by atoms with Crippen molar-refractivity contribution in [1.82, 2.24) is 15.1 Å². The third-order valence-electron chi connectivity index (χ3n) is 6.39. The van der Waals surface area contributed by atoms with Crippen LogP contribution >= 0.6 is 0 Å². The van der Waals surface area contributed by atoms with Crippen LogP contribution in [0.4, 0.5) is 23.7 Å². The summed E-state index contributed by atoms with van der Waals surface area (Å²) in [5.41, 5.74) is -2.32. The lowest BCUT2D eigenvalue weighted by atomic mass is 9.87. The Hall–Kier alpha value is -4.61. The minimum absolute atomic E-state index is 0.221. The Morgan fingerprint density at radius 1 is 1.03 bits per heavy atom. The second kappa shape index (κ2) is 11.0. The number of carbonyl (C=O) groups is 4. The molecule has 5 amide bonds. The molecule has 12 heteroatoms. The van der Waals surface area contributed by atoms with Crippen LogP contribution in [-0.4, -0.2) is 46.6 Å². The zero-order valence-electron chi connectivity index (χ0n) is 20.8. The van der Waals surface area contributed by atoms with Crippen LogP contribution in [0.25, 0.3) is 0 Å². The number of urea groups is 1. The number of para-hydroxylation sites is 1. The Morgan fingerprint density at radius 2 is 1.72 bits per heavy atom. The first kappa shape index (κ1) is 27.4. The van der Waals surface area contributed by atoms with E-state index in [0.29, 0.717) is 5.56 Å². The number of rotatable bonds is 9. The topological polar surface area (TPSA) is 112 Å². The van der Waals surface area contributed by atoms with Gasteiger partial charge >= 0.3 is 12.2 Å². The van der Waals surface area contributed by atoms with E-state index >= 15 is 0 Å². The number of halogens is 3. The predicted molar refractivity (Wildman–Crippen MR) is 133 cm³/mol. The van der Waals surface area contributed by atoms with E-state index in [2.05, 4.69) is 10.6 Å². The molecule has 3 aromatic rings. The fourth-order valence-electron chi connectivity index (χ4n) is 4.39. The van der Waals surface area contributed by atoms with Crippen LogP contribution in [0.1, 0.15) is 30.2 Å². The number of amides is 5. The first-order valence-corrected chi connectivity index (χ1v) is 12.0. The summed E-state index contributed by atoms with van der Waals surface area (Å²) in [4.78, 5) is 54.1. The molecule has 0 aliphatic carbocycles. The molecule has 2 N–H and O–H groups in total. The van der Waals surface area contributed by atoms with Gasteiger partial charge in [-0.25, -0.2) is 4.79 Å². The first-order valence-electron chi connectivity index (χ1n) is 12.0. The van der Waals surface area contributed by atoms with E-state index in [1.54, 1.807) is 49.4 Å². The van der Waals surface area contributed by atoms with E-state index in [1.165, 1.54) is 18.4 Å². The van der Waals surface area contributed by atoms with Gasteiger partial charge in [0, 0.05) is 0 Å². The van der Waals surface area contributed by atoms with Crippen molar-refractivity contribution in [3.05, 3.63) is 89.9 Å². The van der Waals surface area contributed by atoms with E-state index in [1.807, 2.05) is 0 Å². The summed E-state index contributed by atoms with van der Waals surface area (Å²) in [6, 6.07) is 15.4. The van der Waals surface area contributed by atoms with Gasteiger partial charge in [0.25, 0.3) is 5.91 Å². The summed E-state index contributed by atoms with van der Waals surface area (Å²) in [7, 11) is 0. The van der Waals surface area contributed by atoms with Gasteiger partial charge in [0.2, 0.25) is 11.8 Å². The molecule has 1 aliphatic heterocycles. The van der Waals surface area contributed by atoms with Gasteiger partial charge in [-0.15, -0.1) is 0 Å². The van der Waals surface area contributed by atoms with Crippen molar-refractivity contribution in [3.63, 3.8) is 0 Å². The summed E-state index contributed by atoms with van der Waals surface area (Å²) < 4.78 is 45.3. The quantitative estimate of drug-likeness (QED) is 0.395. The minimum Gasteiger partial charge on any atom is -0.467 e. The second-order valence-corrected chi connectivity index (χ2v) is 8.87. The monoisotopic (exact) mass is 542 g/mol. The molecule has 2 heterocycles. The molecule has 204 valence electrons. The number of hydrogen-bond donors (Lipinski definition) is 2. The highest BCUT2D eigenvalue weighted by atomic mass is 19.4. The van der Waals surface area contributed by atoms with Crippen LogP contribution in [0, 0.1) is 0 Å². The molecule has 9 nitrogen and oxygen atoms in total. The Morgan fingerprint density at radius 3 is 2.36 bits per heavy atom. The van der Waals surface area contributed by atoms with Crippen molar-refractivity contribution in [1.29, 1.82) is 0 Å². The largest absolute Gasteiger partial charge is 0.467 e. The fourth-order valence-corrected chi connectivity index (χ4v) is 4.39. The lowest BCUT2D eigenvalue weighted by Crippen LogP contribution is -2.46. The summed E-state index contributed by atoms with van der Waals surface area (Å²) >= 11 is 0. The van der Waals surface area contributed by atoms with E-state index in [-0.39, 0.29) is 18.7 Å². The lowest BCUT2D eigenvalue weighted by Gasteiger charge is -2.26. The maximum atomic E-state index is 13.4. The van der Waals surface area contributed by atoms with Gasteiger partial charge in [0.15, 0.2) is 0 Å². The van der Waals surface area contributed by atoms with Crippen molar-refractivity contribution in [2.24, 2.45) is 0 Å². The van der Waals surface area contributed by atoms with Crippen LogP contribution < -0.4 is 10.6 Å². The molecule has 1 fully saturated rings. The van der Waals surface area contributed by atoms with E-state index in [0.717, 1.165) is 21.9 Å². The van der Waals surface area contributed by atoms with Gasteiger partial charge in [-0.05, 0) is 36.2 Å². The van der Waals surface area contributed by atoms with E-state index < -0.39 is 59.8 Å². The van der Waals surface area contributed by atoms with E-state index in [9.17, 15) is 32.3 Å². The number of furan rings is 1. The van der Waals surface area contributed by atoms with Crippen molar-refractivity contribution in [3.8, 4) is 0 Å². The number of hydrogen-bond acceptors (Lipinski definition) is 5. The van der Waals surface area contributed by atoms with Gasteiger partial charge in [0.1, 0.15) is 24.4 Å². The molecule has 0 unspecified atom stereocenters.